The molecule has 0 aromatic heterocycles. The second-order valence-corrected chi connectivity index (χ2v) is 5.16. The van der Waals surface area contributed by atoms with Gasteiger partial charge >= 0.3 is 0 Å². The average molecular weight is 266 g/mol. The van der Waals surface area contributed by atoms with Crippen LogP contribution in [0.25, 0.3) is 0 Å². The van der Waals surface area contributed by atoms with Crippen LogP contribution in [0.2, 0.25) is 0 Å². The van der Waals surface area contributed by atoms with Crippen LogP contribution in [0.4, 0.5) is 4.39 Å². The molecule has 19 heavy (non-hydrogen) atoms. The van der Waals surface area contributed by atoms with Gasteiger partial charge in [-0.1, -0.05) is 25.3 Å². The highest BCUT2D eigenvalue weighted by Crippen LogP contribution is 2.30. The molecular formula is C15H19FO3. The normalized spacial score (nSPS) is 18.1. The lowest BCUT2D eigenvalue weighted by Crippen LogP contribution is -2.41. The van der Waals surface area contributed by atoms with E-state index in [4.69, 9.17) is 4.74 Å². The number of ether oxygens (including phenoxy) is 1. The fourth-order valence-corrected chi connectivity index (χ4v) is 2.59. The van der Waals surface area contributed by atoms with Crippen LogP contribution in [0.3, 0.4) is 0 Å². The van der Waals surface area contributed by atoms with Gasteiger partial charge in [0.25, 0.3) is 0 Å². The number of hydrogen-bond donors (Lipinski definition) is 1. The van der Waals surface area contributed by atoms with Crippen molar-refractivity contribution in [2.75, 3.05) is 7.11 Å². The van der Waals surface area contributed by atoms with Crippen molar-refractivity contribution in [2.45, 2.75) is 44.1 Å². The quantitative estimate of drug-likeness (QED) is 0.911. The molecule has 2 rings (SSSR count). The van der Waals surface area contributed by atoms with E-state index in [2.05, 4.69) is 0 Å². The fraction of sp³-hybridized carbons (Fsp3) is 0.533. The van der Waals surface area contributed by atoms with Crippen molar-refractivity contribution in [1.82, 2.24) is 0 Å². The summed E-state index contributed by atoms with van der Waals surface area (Å²) >= 11 is 0. The predicted molar refractivity (Wildman–Crippen MR) is 69.7 cm³/mol. The number of carbonyl (C=O) groups is 1. The molecule has 4 heteroatoms. The zero-order valence-electron chi connectivity index (χ0n) is 11.1. The van der Waals surface area contributed by atoms with Crippen LogP contribution in [0.1, 0.15) is 37.7 Å². The maximum absolute atomic E-state index is 13.5. The van der Waals surface area contributed by atoms with Crippen LogP contribution >= 0.6 is 0 Å². The van der Waals surface area contributed by atoms with Crippen LogP contribution < -0.4 is 4.74 Å². The van der Waals surface area contributed by atoms with E-state index >= 15 is 0 Å². The van der Waals surface area contributed by atoms with Crippen molar-refractivity contribution in [2.24, 2.45) is 0 Å². The first kappa shape index (κ1) is 14.0. The maximum Gasteiger partial charge on any atom is 0.168 e. The minimum atomic E-state index is -1.21. The van der Waals surface area contributed by atoms with Crippen molar-refractivity contribution >= 4 is 5.78 Å². The number of hydrogen-bond acceptors (Lipinski definition) is 3. The summed E-state index contributed by atoms with van der Waals surface area (Å²) in [7, 11) is 1.40. The Labute approximate surface area is 112 Å². The molecule has 1 aromatic rings. The third-order valence-electron chi connectivity index (χ3n) is 3.78. The topological polar surface area (TPSA) is 46.5 Å². The Hall–Kier alpha value is -1.42. The second-order valence-electron chi connectivity index (χ2n) is 5.16. The van der Waals surface area contributed by atoms with Gasteiger partial charge in [0.2, 0.25) is 0 Å². The van der Waals surface area contributed by atoms with Crippen molar-refractivity contribution in [1.29, 1.82) is 0 Å². The molecule has 0 heterocycles. The molecule has 0 atom stereocenters. The molecule has 0 saturated heterocycles. The molecule has 104 valence electrons. The predicted octanol–water partition coefficient (Wildman–Crippen LogP) is 2.64. The molecule has 0 bridgehead atoms. The monoisotopic (exact) mass is 266 g/mol. The SMILES string of the molecule is COc1ccc(CC(=O)C2(O)CCCCC2)cc1F. The number of carbonyl (C=O) groups excluding carboxylic acids is 1. The Morgan fingerprint density at radius 3 is 2.63 bits per heavy atom. The molecule has 1 fully saturated rings. The second kappa shape index (κ2) is 5.70. The molecule has 0 spiro atoms. The number of aliphatic hydroxyl groups is 1. The van der Waals surface area contributed by atoms with E-state index in [1.807, 2.05) is 0 Å². The smallest absolute Gasteiger partial charge is 0.168 e. The number of rotatable bonds is 4. The van der Waals surface area contributed by atoms with E-state index in [-0.39, 0.29) is 18.0 Å². The van der Waals surface area contributed by atoms with Crippen LogP contribution in [-0.4, -0.2) is 23.6 Å². The molecule has 1 aliphatic carbocycles. The van der Waals surface area contributed by atoms with Crippen LogP contribution in [-0.2, 0) is 11.2 Å². The number of Topliss-reactive ketones (excluding diaryl/α,β-unsaturated/α-hetero) is 1. The van der Waals surface area contributed by atoms with E-state index in [0.717, 1.165) is 19.3 Å². The first-order valence-corrected chi connectivity index (χ1v) is 6.63. The number of halogens is 1. The van der Waals surface area contributed by atoms with Gasteiger partial charge in [-0.3, -0.25) is 4.79 Å². The molecule has 1 N–H and O–H groups in total. The van der Waals surface area contributed by atoms with Gasteiger partial charge < -0.3 is 9.84 Å². The highest BCUT2D eigenvalue weighted by molar-refractivity contribution is 5.89. The van der Waals surface area contributed by atoms with Crippen molar-refractivity contribution in [3.63, 3.8) is 0 Å². The summed E-state index contributed by atoms with van der Waals surface area (Å²) in [6.45, 7) is 0. The minimum Gasteiger partial charge on any atom is -0.494 e. The maximum atomic E-state index is 13.5. The molecule has 1 aromatic carbocycles. The zero-order chi connectivity index (χ0) is 13.9. The summed E-state index contributed by atoms with van der Waals surface area (Å²) in [4.78, 5) is 12.2. The third kappa shape index (κ3) is 3.13. The molecule has 3 nitrogen and oxygen atoms in total. The zero-order valence-corrected chi connectivity index (χ0v) is 11.1. The van der Waals surface area contributed by atoms with Gasteiger partial charge in [0.15, 0.2) is 17.3 Å². The molecule has 0 aliphatic heterocycles. The Morgan fingerprint density at radius 1 is 1.37 bits per heavy atom. The van der Waals surface area contributed by atoms with Crippen LogP contribution in [0.15, 0.2) is 18.2 Å². The lowest BCUT2D eigenvalue weighted by molar-refractivity contribution is -0.139. The van der Waals surface area contributed by atoms with Gasteiger partial charge in [0.05, 0.1) is 7.11 Å². The Bertz CT molecular complexity index is 464. The van der Waals surface area contributed by atoms with Gasteiger partial charge in [-0.25, -0.2) is 4.39 Å². The molecular weight excluding hydrogens is 247 g/mol. The molecule has 0 amide bonds. The van der Waals surface area contributed by atoms with Gasteiger partial charge in [0, 0.05) is 6.42 Å². The van der Waals surface area contributed by atoms with Crippen LogP contribution in [0, 0.1) is 5.82 Å². The standard InChI is InChI=1S/C15H19FO3/c1-19-13-6-5-11(9-12(13)16)10-14(17)15(18)7-3-2-4-8-15/h5-6,9,18H,2-4,7-8,10H2,1H3. The van der Waals surface area contributed by atoms with E-state index in [1.54, 1.807) is 6.07 Å². The third-order valence-corrected chi connectivity index (χ3v) is 3.78. The summed E-state index contributed by atoms with van der Waals surface area (Å²) in [5, 5.41) is 10.3. The van der Waals surface area contributed by atoms with Gasteiger partial charge in [0.1, 0.15) is 5.60 Å². The van der Waals surface area contributed by atoms with E-state index in [9.17, 15) is 14.3 Å². The summed E-state index contributed by atoms with van der Waals surface area (Å²) < 4.78 is 18.4. The van der Waals surface area contributed by atoms with Gasteiger partial charge in [-0.05, 0) is 30.5 Å². The van der Waals surface area contributed by atoms with Gasteiger partial charge in [-0.2, -0.15) is 0 Å². The number of ketones is 1. The lowest BCUT2D eigenvalue weighted by Gasteiger charge is -2.30. The average Bonchev–Trinajstić information content (AvgIpc) is 2.40. The summed E-state index contributed by atoms with van der Waals surface area (Å²) in [5.41, 5.74) is -0.642. The summed E-state index contributed by atoms with van der Waals surface area (Å²) in [5.74, 6) is -0.534. The first-order valence-electron chi connectivity index (χ1n) is 6.63. The molecule has 1 aliphatic rings. The Morgan fingerprint density at radius 2 is 2.05 bits per heavy atom. The van der Waals surface area contributed by atoms with E-state index in [1.165, 1.54) is 19.2 Å². The highest BCUT2D eigenvalue weighted by atomic mass is 19.1. The number of benzene rings is 1. The summed E-state index contributed by atoms with van der Waals surface area (Å²) in [6, 6.07) is 4.46. The Balaban J connectivity index is 2.08. The Kier molecular flexibility index (Phi) is 4.20. The van der Waals surface area contributed by atoms with Gasteiger partial charge in [-0.15, -0.1) is 0 Å². The molecule has 0 radical (unpaired) electrons. The van der Waals surface area contributed by atoms with E-state index < -0.39 is 11.4 Å². The van der Waals surface area contributed by atoms with Crippen molar-refractivity contribution in [3.05, 3.63) is 29.6 Å². The number of methoxy groups -OCH3 is 1. The largest absolute Gasteiger partial charge is 0.494 e. The first-order chi connectivity index (χ1) is 9.05. The fourth-order valence-electron chi connectivity index (χ4n) is 2.59. The molecule has 0 unspecified atom stereocenters. The molecule has 1 saturated carbocycles. The van der Waals surface area contributed by atoms with Crippen molar-refractivity contribution < 1.29 is 19.0 Å². The highest BCUT2D eigenvalue weighted by Gasteiger charge is 2.36. The van der Waals surface area contributed by atoms with Crippen molar-refractivity contribution in [3.8, 4) is 5.75 Å². The van der Waals surface area contributed by atoms with E-state index in [0.29, 0.717) is 18.4 Å². The summed E-state index contributed by atoms with van der Waals surface area (Å²) in [6.07, 6.45) is 3.91. The van der Waals surface area contributed by atoms with Crippen LogP contribution in [0.5, 0.6) is 5.75 Å². The lowest BCUT2D eigenvalue weighted by atomic mass is 9.80. The minimum absolute atomic E-state index is 0.0669.